The SMILES string of the molecule is O=C1N[C@H]2[C@@H](CO1)[C@H]1C=C[C@@H]2C1. The highest BCUT2D eigenvalue weighted by Gasteiger charge is 2.47. The lowest BCUT2D eigenvalue weighted by Crippen LogP contribution is -2.49. The molecule has 1 saturated heterocycles. The van der Waals surface area contributed by atoms with Gasteiger partial charge in [-0.05, 0) is 18.3 Å². The summed E-state index contributed by atoms with van der Waals surface area (Å²) in [6, 6.07) is 0.362. The van der Waals surface area contributed by atoms with Gasteiger partial charge >= 0.3 is 6.09 Å². The second-order valence-corrected chi connectivity index (χ2v) is 3.88. The third-order valence-electron chi connectivity index (χ3n) is 3.31. The topological polar surface area (TPSA) is 38.3 Å². The number of alkyl carbamates (subject to hydrolysis) is 1. The van der Waals surface area contributed by atoms with Crippen molar-refractivity contribution in [2.24, 2.45) is 17.8 Å². The quantitative estimate of drug-likeness (QED) is 0.542. The third-order valence-corrected chi connectivity index (χ3v) is 3.31. The Bertz CT molecular complexity index is 261. The van der Waals surface area contributed by atoms with Crippen molar-refractivity contribution in [3.8, 4) is 0 Å². The molecule has 2 bridgehead atoms. The smallest absolute Gasteiger partial charge is 0.407 e. The summed E-state index contributed by atoms with van der Waals surface area (Å²) in [7, 11) is 0. The Kier molecular flexibility index (Phi) is 1.10. The van der Waals surface area contributed by atoms with Crippen molar-refractivity contribution < 1.29 is 9.53 Å². The summed E-state index contributed by atoms with van der Waals surface area (Å²) < 4.78 is 4.96. The fraction of sp³-hybridized carbons (Fsp3) is 0.667. The van der Waals surface area contributed by atoms with E-state index < -0.39 is 0 Å². The molecule has 64 valence electrons. The number of fused-ring (bicyclic) bond motifs is 5. The van der Waals surface area contributed by atoms with E-state index in [-0.39, 0.29) is 6.09 Å². The van der Waals surface area contributed by atoms with Gasteiger partial charge in [-0.25, -0.2) is 4.79 Å². The number of rotatable bonds is 0. The zero-order chi connectivity index (χ0) is 8.13. The maximum absolute atomic E-state index is 10.9. The molecule has 0 aromatic carbocycles. The molecule has 1 N–H and O–H groups in total. The second kappa shape index (κ2) is 2.03. The molecule has 1 saturated carbocycles. The highest BCUT2D eigenvalue weighted by Crippen LogP contribution is 2.44. The zero-order valence-corrected chi connectivity index (χ0v) is 6.69. The standard InChI is InChI=1S/C9H11NO2/c11-9-10-8-6-2-1-5(3-6)7(8)4-12-9/h1-2,5-8H,3-4H2,(H,10,11)/t5-,6+,7-,8+/m0/s1. The van der Waals surface area contributed by atoms with Crippen molar-refractivity contribution in [3.05, 3.63) is 12.2 Å². The number of carbonyl (C=O) groups is 1. The van der Waals surface area contributed by atoms with Crippen LogP contribution in [0.1, 0.15) is 6.42 Å². The number of nitrogens with one attached hydrogen (secondary N) is 1. The number of carbonyl (C=O) groups excluding carboxylic acids is 1. The summed E-state index contributed by atoms with van der Waals surface area (Å²) in [5, 5.41) is 2.90. The lowest BCUT2D eigenvalue weighted by molar-refractivity contribution is 0.0769. The lowest BCUT2D eigenvalue weighted by Gasteiger charge is -2.32. The van der Waals surface area contributed by atoms with Gasteiger partial charge in [0.2, 0.25) is 0 Å². The van der Waals surface area contributed by atoms with E-state index in [2.05, 4.69) is 17.5 Å². The van der Waals surface area contributed by atoms with Gasteiger partial charge in [-0.3, -0.25) is 0 Å². The molecule has 0 aromatic rings. The van der Waals surface area contributed by atoms with E-state index >= 15 is 0 Å². The summed E-state index contributed by atoms with van der Waals surface area (Å²) in [4.78, 5) is 10.9. The molecule has 1 aliphatic heterocycles. The van der Waals surface area contributed by atoms with Crippen LogP contribution in [0.4, 0.5) is 4.79 Å². The van der Waals surface area contributed by atoms with Crippen molar-refractivity contribution in [2.75, 3.05) is 6.61 Å². The Labute approximate surface area is 70.8 Å². The predicted molar refractivity (Wildman–Crippen MR) is 42.5 cm³/mol. The molecule has 3 heteroatoms. The average molecular weight is 165 g/mol. The van der Waals surface area contributed by atoms with E-state index in [1.165, 1.54) is 6.42 Å². The fourth-order valence-corrected chi connectivity index (χ4v) is 2.72. The minimum atomic E-state index is -0.239. The van der Waals surface area contributed by atoms with Crippen LogP contribution in [0.2, 0.25) is 0 Å². The van der Waals surface area contributed by atoms with Crippen molar-refractivity contribution >= 4 is 6.09 Å². The Balaban J connectivity index is 1.90. The Morgan fingerprint density at radius 3 is 3.17 bits per heavy atom. The molecule has 0 aromatic heterocycles. The summed E-state index contributed by atoms with van der Waals surface area (Å²) >= 11 is 0. The number of cyclic esters (lactones) is 1. The van der Waals surface area contributed by atoms with Gasteiger partial charge in [0, 0.05) is 12.0 Å². The van der Waals surface area contributed by atoms with Crippen LogP contribution < -0.4 is 5.32 Å². The van der Waals surface area contributed by atoms with Crippen molar-refractivity contribution in [3.63, 3.8) is 0 Å². The molecule has 0 spiro atoms. The van der Waals surface area contributed by atoms with Gasteiger partial charge in [-0.1, -0.05) is 12.2 Å². The molecular weight excluding hydrogens is 154 g/mol. The summed E-state index contributed by atoms with van der Waals surface area (Å²) in [6.07, 6.45) is 5.47. The van der Waals surface area contributed by atoms with Crippen molar-refractivity contribution in [2.45, 2.75) is 12.5 Å². The molecule has 0 unspecified atom stereocenters. The highest BCUT2D eigenvalue weighted by atomic mass is 16.6. The first-order valence-electron chi connectivity index (χ1n) is 4.46. The number of hydrogen-bond donors (Lipinski definition) is 1. The van der Waals surface area contributed by atoms with Crippen LogP contribution in [-0.2, 0) is 4.74 Å². The molecule has 3 nitrogen and oxygen atoms in total. The van der Waals surface area contributed by atoms with Gasteiger partial charge in [0.15, 0.2) is 0 Å². The first-order valence-corrected chi connectivity index (χ1v) is 4.46. The average Bonchev–Trinajstić information content (AvgIpc) is 2.63. The number of ether oxygens (including phenoxy) is 1. The first kappa shape index (κ1) is 6.52. The minimum absolute atomic E-state index is 0.239. The number of hydrogen-bond acceptors (Lipinski definition) is 2. The van der Waals surface area contributed by atoms with E-state index in [1.807, 2.05) is 0 Å². The minimum Gasteiger partial charge on any atom is -0.449 e. The van der Waals surface area contributed by atoms with E-state index in [4.69, 9.17) is 4.74 Å². The molecule has 1 heterocycles. The molecule has 2 aliphatic carbocycles. The molecule has 0 radical (unpaired) electrons. The number of amides is 1. The van der Waals surface area contributed by atoms with Crippen LogP contribution in [0.25, 0.3) is 0 Å². The molecule has 4 atom stereocenters. The number of allylic oxidation sites excluding steroid dienone is 1. The summed E-state index contributed by atoms with van der Waals surface area (Å²) in [5.41, 5.74) is 0. The van der Waals surface area contributed by atoms with E-state index in [1.54, 1.807) is 0 Å². The van der Waals surface area contributed by atoms with Gasteiger partial charge in [0.05, 0.1) is 6.61 Å². The van der Waals surface area contributed by atoms with E-state index in [9.17, 15) is 4.79 Å². The van der Waals surface area contributed by atoms with Crippen LogP contribution in [0, 0.1) is 17.8 Å². The summed E-state index contributed by atoms with van der Waals surface area (Å²) in [6.45, 7) is 0.613. The largest absolute Gasteiger partial charge is 0.449 e. The maximum Gasteiger partial charge on any atom is 0.407 e. The monoisotopic (exact) mass is 165 g/mol. The maximum atomic E-state index is 10.9. The molecule has 1 amide bonds. The highest BCUT2D eigenvalue weighted by molar-refractivity contribution is 5.68. The van der Waals surface area contributed by atoms with Crippen LogP contribution in [-0.4, -0.2) is 18.7 Å². The van der Waals surface area contributed by atoms with Crippen LogP contribution in [0.3, 0.4) is 0 Å². The second-order valence-electron chi connectivity index (χ2n) is 3.88. The summed E-state index contributed by atoms with van der Waals surface area (Å²) in [5.74, 6) is 1.77. The normalized spacial score (nSPS) is 48.5. The molecule has 12 heavy (non-hydrogen) atoms. The first-order chi connectivity index (χ1) is 5.84. The van der Waals surface area contributed by atoms with Gasteiger partial charge < -0.3 is 10.1 Å². The predicted octanol–water partition coefficient (Wildman–Crippen LogP) is 0.917. The Morgan fingerprint density at radius 1 is 1.42 bits per heavy atom. The van der Waals surface area contributed by atoms with Crippen molar-refractivity contribution in [1.29, 1.82) is 0 Å². The van der Waals surface area contributed by atoms with Crippen molar-refractivity contribution in [1.82, 2.24) is 5.32 Å². The third kappa shape index (κ3) is 0.687. The van der Waals surface area contributed by atoms with Gasteiger partial charge in [0.25, 0.3) is 0 Å². The lowest BCUT2D eigenvalue weighted by atomic mass is 9.89. The van der Waals surface area contributed by atoms with Gasteiger partial charge in [-0.2, -0.15) is 0 Å². The molecular formula is C9H11NO2. The van der Waals surface area contributed by atoms with Crippen LogP contribution in [0.15, 0.2) is 12.2 Å². The van der Waals surface area contributed by atoms with Crippen LogP contribution >= 0.6 is 0 Å². The zero-order valence-electron chi connectivity index (χ0n) is 6.69. The van der Waals surface area contributed by atoms with Gasteiger partial charge in [0.1, 0.15) is 0 Å². The van der Waals surface area contributed by atoms with E-state index in [0.29, 0.717) is 30.4 Å². The molecule has 3 rings (SSSR count). The molecule has 2 fully saturated rings. The Hall–Kier alpha value is -0.990. The van der Waals surface area contributed by atoms with Crippen LogP contribution in [0.5, 0.6) is 0 Å². The molecule has 3 aliphatic rings. The van der Waals surface area contributed by atoms with E-state index in [0.717, 1.165) is 0 Å². The fourth-order valence-electron chi connectivity index (χ4n) is 2.72. The van der Waals surface area contributed by atoms with Gasteiger partial charge in [-0.15, -0.1) is 0 Å². The Morgan fingerprint density at radius 2 is 2.25 bits per heavy atom.